The molecule has 1 amide bonds. The smallest absolute Gasteiger partial charge is 0.251 e. The highest BCUT2D eigenvalue weighted by molar-refractivity contribution is 6.76. The first-order chi connectivity index (χ1) is 8.22. The molecule has 0 aliphatic carbocycles. The minimum atomic E-state index is -1.04. The molecule has 1 unspecified atom stereocenters. The van der Waals surface area contributed by atoms with Crippen molar-refractivity contribution in [2.75, 3.05) is 13.3 Å². The van der Waals surface area contributed by atoms with Crippen LogP contribution in [-0.4, -0.2) is 38.3 Å². The molecule has 1 saturated heterocycles. The van der Waals surface area contributed by atoms with E-state index in [0.29, 0.717) is 6.73 Å². The molecule has 1 heterocycles. The molecular weight excluding hydrogens is 242 g/mol. The Morgan fingerprint density at radius 2 is 2.00 bits per heavy atom. The fourth-order valence-corrected chi connectivity index (χ4v) is 2.77. The van der Waals surface area contributed by atoms with Gasteiger partial charge >= 0.3 is 0 Å². The highest BCUT2D eigenvalue weighted by atomic mass is 28.3. The van der Waals surface area contributed by atoms with E-state index in [2.05, 4.69) is 26.6 Å². The summed E-state index contributed by atoms with van der Waals surface area (Å²) in [5, 5.41) is 0. The number of allylic oxidation sites excluding steroid dienone is 1. The normalized spacial score (nSPS) is 20.8. The van der Waals surface area contributed by atoms with Crippen LogP contribution >= 0.6 is 0 Å². The zero-order valence-corrected chi connectivity index (χ0v) is 13.7. The minimum Gasteiger partial charge on any atom is -0.361 e. The summed E-state index contributed by atoms with van der Waals surface area (Å²) in [7, 11) is -1.04. The molecule has 1 aliphatic rings. The van der Waals surface area contributed by atoms with Crippen LogP contribution in [0.15, 0.2) is 11.1 Å². The van der Waals surface area contributed by atoms with Gasteiger partial charge in [-0.05, 0) is 33.2 Å². The lowest BCUT2D eigenvalue weighted by atomic mass is 10.1. The zero-order valence-electron chi connectivity index (χ0n) is 12.7. The van der Waals surface area contributed by atoms with E-state index in [9.17, 15) is 4.79 Å². The van der Waals surface area contributed by atoms with Crippen molar-refractivity contribution < 1.29 is 9.53 Å². The lowest BCUT2D eigenvalue weighted by Gasteiger charge is -2.22. The van der Waals surface area contributed by atoms with Crippen molar-refractivity contribution >= 4 is 14.0 Å². The molecule has 0 aromatic rings. The van der Waals surface area contributed by atoms with Crippen molar-refractivity contribution in [3.05, 3.63) is 11.1 Å². The van der Waals surface area contributed by atoms with Gasteiger partial charge in [-0.2, -0.15) is 0 Å². The van der Waals surface area contributed by atoms with Crippen LogP contribution in [0.2, 0.25) is 25.7 Å². The van der Waals surface area contributed by atoms with Crippen LogP contribution in [0.5, 0.6) is 0 Å². The van der Waals surface area contributed by atoms with E-state index in [1.54, 1.807) is 0 Å². The number of hydrogen-bond acceptors (Lipinski definition) is 2. The number of ether oxygens (including phenoxy) is 1. The molecule has 0 N–H and O–H groups in total. The van der Waals surface area contributed by atoms with Crippen LogP contribution in [0.4, 0.5) is 0 Å². The third kappa shape index (κ3) is 4.25. The van der Waals surface area contributed by atoms with Crippen molar-refractivity contribution in [2.45, 2.75) is 58.9 Å². The van der Waals surface area contributed by atoms with Gasteiger partial charge in [0, 0.05) is 26.3 Å². The van der Waals surface area contributed by atoms with Gasteiger partial charge in [0.15, 0.2) is 0 Å². The van der Waals surface area contributed by atoms with E-state index in [-0.39, 0.29) is 11.9 Å². The van der Waals surface area contributed by atoms with Gasteiger partial charge in [0.2, 0.25) is 0 Å². The van der Waals surface area contributed by atoms with Gasteiger partial charge in [-0.1, -0.05) is 25.2 Å². The number of nitrogens with zero attached hydrogens (tertiary/aromatic N) is 1. The van der Waals surface area contributed by atoms with E-state index in [1.165, 1.54) is 0 Å². The Labute approximate surface area is 112 Å². The lowest BCUT2D eigenvalue weighted by molar-refractivity contribution is -0.131. The second-order valence-electron chi connectivity index (χ2n) is 6.65. The fraction of sp³-hybridized carbons (Fsp3) is 0.786. The number of amides is 1. The third-order valence-corrected chi connectivity index (χ3v) is 5.09. The first-order valence-corrected chi connectivity index (χ1v) is 10.5. The Morgan fingerprint density at radius 1 is 1.39 bits per heavy atom. The Kier molecular flexibility index (Phi) is 5.17. The molecule has 104 valence electrons. The van der Waals surface area contributed by atoms with Crippen LogP contribution in [0.1, 0.15) is 27.2 Å². The molecule has 1 atom stereocenters. The monoisotopic (exact) mass is 269 g/mol. The predicted molar refractivity (Wildman–Crippen MR) is 78.3 cm³/mol. The molecule has 0 aromatic heterocycles. The zero-order chi connectivity index (χ0) is 13.9. The summed E-state index contributed by atoms with van der Waals surface area (Å²) in [5.41, 5.74) is 2.10. The van der Waals surface area contributed by atoms with E-state index in [4.69, 9.17) is 4.74 Å². The molecule has 0 aromatic carbocycles. The Hall–Kier alpha value is -0.613. The molecule has 1 aliphatic heterocycles. The average Bonchev–Trinajstić information content (AvgIpc) is 2.49. The van der Waals surface area contributed by atoms with Gasteiger partial charge in [-0.3, -0.25) is 4.79 Å². The van der Waals surface area contributed by atoms with E-state index in [1.807, 2.05) is 18.7 Å². The topological polar surface area (TPSA) is 29.5 Å². The summed E-state index contributed by atoms with van der Waals surface area (Å²) in [6.45, 7) is 14.3. The van der Waals surface area contributed by atoms with Crippen molar-refractivity contribution in [3.8, 4) is 0 Å². The summed E-state index contributed by atoms with van der Waals surface area (Å²) in [4.78, 5) is 14.0. The largest absolute Gasteiger partial charge is 0.361 e. The number of rotatable bonds is 5. The second kappa shape index (κ2) is 6.02. The van der Waals surface area contributed by atoms with Crippen LogP contribution in [0.3, 0.4) is 0 Å². The first-order valence-electron chi connectivity index (χ1n) is 6.77. The third-order valence-electron chi connectivity index (χ3n) is 3.38. The molecular formula is C14H27NO2Si. The minimum absolute atomic E-state index is 0.163. The Bertz CT molecular complexity index is 340. The predicted octanol–water partition coefficient (Wildman–Crippen LogP) is 3.26. The number of carbonyl (C=O) groups is 1. The molecule has 0 radical (unpaired) electrons. The van der Waals surface area contributed by atoms with Gasteiger partial charge in [0.25, 0.3) is 5.91 Å². The number of hydrogen-bond donors (Lipinski definition) is 0. The quantitative estimate of drug-likeness (QED) is 0.435. The van der Waals surface area contributed by atoms with Gasteiger partial charge < -0.3 is 9.64 Å². The van der Waals surface area contributed by atoms with Crippen LogP contribution < -0.4 is 0 Å². The van der Waals surface area contributed by atoms with E-state index < -0.39 is 8.07 Å². The van der Waals surface area contributed by atoms with Crippen molar-refractivity contribution in [2.24, 2.45) is 0 Å². The summed E-state index contributed by atoms with van der Waals surface area (Å²) in [6.07, 6.45) is 0.860. The van der Waals surface area contributed by atoms with Crippen LogP contribution in [-0.2, 0) is 9.53 Å². The van der Waals surface area contributed by atoms with E-state index >= 15 is 0 Å². The molecule has 4 heteroatoms. The number of carbonyl (C=O) groups excluding carboxylic acids is 1. The summed E-state index contributed by atoms with van der Waals surface area (Å²) in [6, 6.07) is 1.42. The SMILES string of the molecule is CC(C)=C1CC(C)N(COCC[Si](C)(C)C)C1=O. The highest BCUT2D eigenvalue weighted by Gasteiger charge is 2.32. The van der Waals surface area contributed by atoms with Gasteiger partial charge in [0.1, 0.15) is 6.73 Å². The maximum atomic E-state index is 12.1. The maximum absolute atomic E-state index is 12.1. The Morgan fingerprint density at radius 3 is 2.44 bits per heavy atom. The number of likely N-dealkylation sites (tertiary alicyclic amines) is 1. The highest BCUT2D eigenvalue weighted by Crippen LogP contribution is 2.26. The average molecular weight is 269 g/mol. The van der Waals surface area contributed by atoms with Crippen molar-refractivity contribution in [1.29, 1.82) is 0 Å². The lowest BCUT2D eigenvalue weighted by Crippen LogP contribution is -2.34. The van der Waals surface area contributed by atoms with Crippen LogP contribution in [0, 0.1) is 0 Å². The fourth-order valence-electron chi connectivity index (χ4n) is 2.01. The van der Waals surface area contributed by atoms with Crippen molar-refractivity contribution in [1.82, 2.24) is 4.90 Å². The molecule has 0 bridgehead atoms. The molecule has 0 spiro atoms. The first kappa shape index (κ1) is 15.4. The maximum Gasteiger partial charge on any atom is 0.251 e. The summed E-state index contributed by atoms with van der Waals surface area (Å²) < 4.78 is 5.68. The molecule has 0 saturated carbocycles. The second-order valence-corrected chi connectivity index (χ2v) is 12.3. The molecule has 3 nitrogen and oxygen atoms in total. The Balaban J connectivity index is 2.44. The molecule has 1 rings (SSSR count). The van der Waals surface area contributed by atoms with Gasteiger partial charge in [0.05, 0.1) is 0 Å². The summed E-state index contributed by atoms with van der Waals surface area (Å²) in [5.74, 6) is 0.163. The van der Waals surface area contributed by atoms with Gasteiger partial charge in [-0.25, -0.2) is 0 Å². The summed E-state index contributed by atoms with van der Waals surface area (Å²) >= 11 is 0. The molecule has 18 heavy (non-hydrogen) atoms. The van der Waals surface area contributed by atoms with Crippen molar-refractivity contribution in [3.63, 3.8) is 0 Å². The van der Waals surface area contributed by atoms with E-state index in [0.717, 1.165) is 30.2 Å². The standard InChI is InChI=1S/C14H27NO2Si/c1-11(2)13-9-12(3)15(14(13)16)10-17-7-8-18(4,5)6/h12H,7-10H2,1-6H3. The van der Waals surface area contributed by atoms with Gasteiger partial charge in [-0.15, -0.1) is 0 Å². The molecule has 1 fully saturated rings. The van der Waals surface area contributed by atoms with Crippen LogP contribution in [0.25, 0.3) is 0 Å².